The van der Waals surface area contributed by atoms with E-state index in [2.05, 4.69) is 21.3 Å². The average Bonchev–Trinajstić information content (AvgIpc) is 2.74. The van der Waals surface area contributed by atoms with Gasteiger partial charge in [-0.3, -0.25) is 4.99 Å². The largest absolute Gasteiger partial charge is 0.493 e. The maximum atomic E-state index is 14.0. The van der Waals surface area contributed by atoms with Gasteiger partial charge in [0, 0.05) is 38.8 Å². The van der Waals surface area contributed by atoms with Crippen LogP contribution in [-0.4, -0.2) is 57.7 Å². The second-order valence-electron chi connectivity index (χ2n) is 7.71. The van der Waals surface area contributed by atoms with Crippen LogP contribution in [0.4, 0.5) is 4.39 Å². The van der Waals surface area contributed by atoms with E-state index in [0.29, 0.717) is 18.7 Å². The Morgan fingerprint density at radius 3 is 2.42 bits per heavy atom. The van der Waals surface area contributed by atoms with Gasteiger partial charge in [0.05, 0.1) is 14.2 Å². The molecule has 0 spiro atoms. The maximum absolute atomic E-state index is 14.0. The topological polar surface area (TPSA) is 49.3 Å². The summed E-state index contributed by atoms with van der Waals surface area (Å²) in [5.74, 6) is 2.15. The molecule has 0 amide bonds. The van der Waals surface area contributed by atoms with Gasteiger partial charge in [-0.15, -0.1) is 24.0 Å². The minimum atomic E-state index is -0.172. The number of nitrogens with one attached hydrogen (secondary N) is 1. The standard InChI is InChI=1S/C23H31FN4O2.HI/c1-25-23(26-13-16-6-7-20(24)19(10-16)14-27(2)3)28-9-8-17-11-21(29-4)22(30-5)12-18(17)15-28;/h6-7,10-12H,8-9,13-15H2,1-5H3,(H,25,26);1H. The molecule has 6 nitrogen and oxygen atoms in total. The summed E-state index contributed by atoms with van der Waals surface area (Å²) in [7, 11) is 8.97. The molecule has 0 saturated carbocycles. The summed E-state index contributed by atoms with van der Waals surface area (Å²) in [6, 6.07) is 9.37. The van der Waals surface area contributed by atoms with E-state index in [0.717, 1.165) is 42.5 Å². The predicted molar refractivity (Wildman–Crippen MR) is 133 cm³/mol. The van der Waals surface area contributed by atoms with E-state index in [1.54, 1.807) is 21.3 Å². The van der Waals surface area contributed by atoms with Gasteiger partial charge in [-0.25, -0.2) is 4.39 Å². The molecule has 31 heavy (non-hydrogen) atoms. The first-order chi connectivity index (χ1) is 14.4. The third-order valence-electron chi connectivity index (χ3n) is 5.28. The van der Waals surface area contributed by atoms with Crippen molar-refractivity contribution in [3.8, 4) is 11.5 Å². The van der Waals surface area contributed by atoms with Crippen molar-refractivity contribution in [2.45, 2.75) is 26.1 Å². The van der Waals surface area contributed by atoms with Gasteiger partial charge in [-0.2, -0.15) is 0 Å². The van der Waals surface area contributed by atoms with Crippen LogP contribution in [0.25, 0.3) is 0 Å². The van der Waals surface area contributed by atoms with Crippen LogP contribution >= 0.6 is 24.0 Å². The fourth-order valence-corrected chi connectivity index (χ4v) is 3.78. The molecule has 170 valence electrons. The summed E-state index contributed by atoms with van der Waals surface area (Å²) in [6.07, 6.45) is 0.903. The molecular formula is C23H32FIN4O2. The highest BCUT2D eigenvalue weighted by molar-refractivity contribution is 14.0. The van der Waals surface area contributed by atoms with Crippen molar-refractivity contribution < 1.29 is 13.9 Å². The molecule has 0 fully saturated rings. The maximum Gasteiger partial charge on any atom is 0.194 e. The number of ether oxygens (including phenoxy) is 2. The average molecular weight is 542 g/mol. The summed E-state index contributed by atoms with van der Waals surface area (Å²) < 4.78 is 24.9. The predicted octanol–water partition coefficient (Wildman–Crippen LogP) is 3.66. The molecule has 0 aliphatic carbocycles. The smallest absolute Gasteiger partial charge is 0.194 e. The molecule has 1 aliphatic heterocycles. The third-order valence-corrected chi connectivity index (χ3v) is 5.28. The first-order valence-electron chi connectivity index (χ1n) is 10.1. The van der Waals surface area contributed by atoms with Gasteiger partial charge < -0.3 is 24.6 Å². The van der Waals surface area contributed by atoms with Crippen LogP contribution in [0, 0.1) is 5.82 Å². The van der Waals surface area contributed by atoms with Crippen molar-refractivity contribution in [2.75, 3.05) is 41.9 Å². The summed E-state index contributed by atoms with van der Waals surface area (Å²) in [5, 5.41) is 3.42. The summed E-state index contributed by atoms with van der Waals surface area (Å²) >= 11 is 0. The van der Waals surface area contributed by atoms with Gasteiger partial charge in [0.1, 0.15) is 5.82 Å². The number of rotatable bonds is 6. The second-order valence-corrected chi connectivity index (χ2v) is 7.71. The van der Waals surface area contributed by atoms with E-state index in [4.69, 9.17) is 9.47 Å². The first kappa shape index (κ1) is 25.2. The Labute approximate surface area is 201 Å². The number of aliphatic imine (C=N–C) groups is 1. The lowest BCUT2D eigenvalue weighted by molar-refractivity contribution is 0.346. The lowest BCUT2D eigenvalue weighted by Gasteiger charge is -2.32. The van der Waals surface area contributed by atoms with Crippen molar-refractivity contribution in [3.05, 3.63) is 58.4 Å². The summed E-state index contributed by atoms with van der Waals surface area (Å²) in [5.41, 5.74) is 4.20. The Kier molecular flexibility index (Phi) is 9.36. The normalized spacial score (nSPS) is 13.5. The van der Waals surface area contributed by atoms with Crippen LogP contribution in [0.1, 0.15) is 22.3 Å². The second kappa shape index (κ2) is 11.5. The van der Waals surface area contributed by atoms with E-state index in [1.807, 2.05) is 37.2 Å². The molecule has 1 heterocycles. The van der Waals surface area contributed by atoms with Crippen LogP contribution in [-0.2, 0) is 26.1 Å². The number of nitrogens with zero attached hydrogens (tertiary/aromatic N) is 3. The lowest BCUT2D eigenvalue weighted by atomic mass is 9.99. The van der Waals surface area contributed by atoms with Gasteiger partial charge in [0.15, 0.2) is 17.5 Å². The zero-order chi connectivity index (χ0) is 21.7. The molecule has 0 radical (unpaired) electrons. The van der Waals surface area contributed by atoms with Crippen LogP contribution in [0.5, 0.6) is 11.5 Å². The van der Waals surface area contributed by atoms with Crippen LogP contribution < -0.4 is 14.8 Å². The Morgan fingerprint density at radius 2 is 1.81 bits per heavy atom. The fourth-order valence-electron chi connectivity index (χ4n) is 3.78. The third kappa shape index (κ3) is 6.22. The zero-order valence-electron chi connectivity index (χ0n) is 18.9. The van der Waals surface area contributed by atoms with Gasteiger partial charge in [0.25, 0.3) is 0 Å². The van der Waals surface area contributed by atoms with Crippen molar-refractivity contribution in [2.24, 2.45) is 4.99 Å². The van der Waals surface area contributed by atoms with Crippen molar-refractivity contribution in [1.29, 1.82) is 0 Å². The van der Waals surface area contributed by atoms with E-state index >= 15 is 0 Å². The van der Waals surface area contributed by atoms with E-state index in [-0.39, 0.29) is 29.8 Å². The number of benzene rings is 2. The quantitative estimate of drug-likeness (QED) is 0.343. The van der Waals surface area contributed by atoms with Crippen molar-refractivity contribution in [1.82, 2.24) is 15.1 Å². The molecule has 1 N–H and O–H groups in total. The number of fused-ring (bicyclic) bond motifs is 1. The van der Waals surface area contributed by atoms with Crippen LogP contribution in [0.2, 0.25) is 0 Å². The minimum Gasteiger partial charge on any atom is -0.493 e. The molecule has 0 atom stereocenters. The lowest BCUT2D eigenvalue weighted by Crippen LogP contribution is -2.43. The van der Waals surface area contributed by atoms with Crippen LogP contribution in [0.15, 0.2) is 35.3 Å². The number of methoxy groups -OCH3 is 2. The highest BCUT2D eigenvalue weighted by Gasteiger charge is 2.21. The van der Waals surface area contributed by atoms with E-state index in [1.165, 1.54) is 17.2 Å². The van der Waals surface area contributed by atoms with Crippen molar-refractivity contribution >= 4 is 29.9 Å². The molecule has 2 aromatic carbocycles. The highest BCUT2D eigenvalue weighted by Crippen LogP contribution is 2.33. The monoisotopic (exact) mass is 542 g/mol. The fraction of sp³-hybridized carbons (Fsp3) is 0.435. The number of hydrogen-bond acceptors (Lipinski definition) is 4. The number of guanidine groups is 1. The van der Waals surface area contributed by atoms with Gasteiger partial charge in [-0.05, 0) is 61.5 Å². The molecule has 0 aromatic heterocycles. The van der Waals surface area contributed by atoms with Gasteiger partial charge >= 0.3 is 0 Å². The zero-order valence-corrected chi connectivity index (χ0v) is 21.2. The van der Waals surface area contributed by atoms with E-state index in [9.17, 15) is 4.39 Å². The number of hydrogen-bond donors (Lipinski definition) is 1. The molecule has 0 unspecified atom stereocenters. The molecule has 0 bridgehead atoms. The Balaban J connectivity index is 0.00000341. The Morgan fingerprint density at radius 1 is 1.13 bits per heavy atom. The van der Waals surface area contributed by atoms with Gasteiger partial charge in [-0.1, -0.05) is 6.07 Å². The molecule has 0 saturated heterocycles. The first-order valence-corrected chi connectivity index (χ1v) is 10.1. The van der Waals surface area contributed by atoms with Crippen molar-refractivity contribution in [3.63, 3.8) is 0 Å². The minimum absolute atomic E-state index is 0. The SMILES string of the molecule is CN=C(NCc1ccc(F)c(CN(C)C)c1)N1CCc2cc(OC)c(OC)cc2C1.I. The highest BCUT2D eigenvalue weighted by atomic mass is 127. The summed E-state index contributed by atoms with van der Waals surface area (Å²) in [4.78, 5) is 8.64. The van der Waals surface area contributed by atoms with E-state index < -0.39 is 0 Å². The molecule has 1 aliphatic rings. The summed E-state index contributed by atoms with van der Waals surface area (Å²) in [6.45, 7) is 2.76. The molecular weight excluding hydrogens is 510 g/mol. The Bertz CT molecular complexity index is 921. The Hall–Kier alpha value is -2.07. The number of halogens is 2. The van der Waals surface area contributed by atoms with Gasteiger partial charge in [0.2, 0.25) is 0 Å². The molecule has 8 heteroatoms. The molecule has 3 rings (SSSR count). The molecule has 2 aromatic rings. The van der Waals surface area contributed by atoms with Crippen LogP contribution in [0.3, 0.4) is 0 Å².